The zero-order valence-corrected chi connectivity index (χ0v) is 10.7. The number of hydrogen-bond acceptors (Lipinski definition) is 2. The fourth-order valence-electron chi connectivity index (χ4n) is 1.85. The Morgan fingerprint density at radius 2 is 1.60 bits per heavy atom. The molecule has 0 aliphatic carbocycles. The first-order valence-electron chi connectivity index (χ1n) is 6.15. The van der Waals surface area contributed by atoms with Gasteiger partial charge in [0, 0.05) is 25.0 Å². The van der Waals surface area contributed by atoms with Crippen LogP contribution >= 0.6 is 0 Å². The Bertz CT molecular complexity index is 168. The molecule has 0 bridgehead atoms. The monoisotopic (exact) mass is 214 g/mol. The van der Waals surface area contributed by atoms with Crippen LogP contribution in [0.4, 0.5) is 0 Å². The van der Waals surface area contributed by atoms with Gasteiger partial charge >= 0.3 is 0 Å². The Morgan fingerprint density at radius 3 is 2.00 bits per heavy atom. The third-order valence-electron chi connectivity index (χ3n) is 3.26. The van der Waals surface area contributed by atoms with E-state index in [-0.39, 0.29) is 11.4 Å². The molecule has 0 atom stereocenters. The fourth-order valence-corrected chi connectivity index (χ4v) is 1.85. The van der Waals surface area contributed by atoms with Gasteiger partial charge < -0.3 is 10.6 Å². The summed E-state index contributed by atoms with van der Waals surface area (Å²) in [5.41, 5.74) is 0.229. The molecule has 90 valence electrons. The Balaban J connectivity index is 3.85. The van der Waals surface area contributed by atoms with E-state index in [2.05, 4.69) is 31.4 Å². The molecule has 0 fully saturated rings. The number of nitrogens with one attached hydrogen (secondary N) is 2. The predicted octanol–water partition coefficient (Wildman–Crippen LogP) is 2.07. The second-order valence-corrected chi connectivity index (χ2v) is 3.97. The van der Waals surface area contributed by atoms with E-state index in [0.717, 1.165) is 32.4 Å². The minimum absolute atomic E-state index is 0.141. The van der Waals surface area contributed by atoms with Crippen LogP contribution in [-0.2, 0) is 4.79 Å². The minimum atomic E-state index is 0.141. The number of hydrogen-bond donors (Lipinski definition) is 2. The lowest BCUT2D eigenvalue weighted by Gasteiger charge is -2.32. The fraction of sp³-hybridized carbons (Fsp3) is 0.917. The summed E-state index contributed by atoms with van der Waals surface area (Å²) >= 11 is 0. The Labute approximate surface area is 94.0 Å². The standard InChI is InChI=1S/C12H26N2O/c1-5-12(6-2,7-3)14-10-9-11(15)13-8-4/h14H,5-10H2,1-4H3,(H,13,15). The zero-order chi connectivity index (χ0) is 11.7. The van der Waals surface area contributed by atoms with Crippen molar-refractivity contribution in [2.75, 3.05) is 13.1 Å². The third kappa shape index (κ3) is 5.17. The highest BCUT2D eigenvalue weighted by molar-refractivity contribution is 5.75. The summed E-state index contributed by atoms with van der Waals surface area (Å²) in [5.74, 6) is 0.141. The highest BCUT2D eigenvalue weighted by Gasteiger charge is 2.22. The average molecular weight is 214 g/mol. The molecular weight excluding hydrogens is 188 g/mol. The van der Waals surface area contributed by atoms with Crippen molar-refractivity contribution < 1.29 is 4.79 Å². The number of amides is 1. The van der Waals surface area contributed by atoms with Crippen LogP contribution in [0, 0.1) is 0 Å². The molecule has 0 aliphatic rings. The van der Waals surface area contributed by atoms with E-state index >= 15 is 0 Å². The molecule has 0 saturated carbocycles. The maximum atomic E-state index is 11.2. The van der Waals surface area contributed by atoms with E-state index in [4.69, 9.17) is 0 Å². The van der Waals surface area contributed by atoms with E-state index in [1.807, 2.05) is 6.92 Å². The summed E-state index contributed by atoms with van der Waals surface area (Å²) in [7, 11) is 0. The third-order valence-corrected chi connectivity index (χ3v) is 3.26. The van der Waals surface area contributed by atoms with Crippen LogP contribution in [0.2, 0.25) is 0 Å². The molecule has 0 unspecified atom stereocenters. The molecule has 0 aromatic carbocycles. The number of rotatable bonds is 8. The van der Waals surface area contributed by atoms with Gasteiger partial charge in [-0.1, -0.05) is 20.8 Å². The van der Waals surface area contributed by atoms with Crippen molar-refractivity contribution in [3.63, 3.8) is 0 Å². The van der Waals surface area contributed by atoms with Crippen molar-refractivity contribution in [3.8, 4) is 0 Å². The van der Waals surface area contributed by atoms with Crippen LogP contribution in [0.15, 0.2) is 0 Å². The summed E-state index contributed by atoms with van der Waals surface area (Å²) in [5, 5.41) is 6.32. The quantitative estimate of drug-likeness (QED) is 0.649. The van der Waals surface area contributed by atoms with Crippen molar-refractivity contribution in [2.24, 2.45) is 0 Å². The van der Waals surface area contributed by atoms with Gasteiger partial charge in [0.15, 0.2) is 0 Å². The van der Waals surface area contributed by atoms with Gasteiger partial charge in [-0.15, -0.1) is 0 Å². The molecule has 2 N–H and O–H groups in total. The minimum Gasteiger partial charge on any atom is -0.356 e. The second kappa shape index (κ2) is 7.69. The van der Waals surface area contributed by atoms with E-state index in [0.29, 0.717) is 6.42 Å². The average Bonchev–Trinajstić information content (AvgIpc) is 2.25. The Kier molecular flexibility index (Phi) is 7.39. The van der Waals surface area contributed by atoms with Gasteiger partial charge in [0.1, 0.15) is 0 Å². The number of carbonyl (C=O) groups is 1. The summed E-state index contributed by atoms with van der Waals surface area (Å²) in [6, 6.07) is 0. The van der Waals surface area contributed by atoms with Crippen LogP contribution < -0.4 is 10.6 Å². The van der Waals surface area contributed by atoms with Crippen LogP contribution in [0.1, 0.15) is 53.4 Å². The van der Waals surface area contributed by atoms with Gasteiger partial charge in [0.05, 0.1) is 0 Å². The lowest BCUT2D eigenvalue weighted by atomic mass is 9.90. The number of carbonyl (C=O) groups excluding carboxylic acids is 1. The highest BCUT2D eigenvalue weighted by atomic mass is 16.1. The maximum absolute atomic E-state index is 11.2. The second-order valence-electron chi connectivity index (χ2n) is 3.97. The van der Waals surface area contributed by atoms with Crippen molar-refractivity contribution in [3.05, 3.63) is 0 Å². The molecule has 1 amide bonds. The van der Waals surface area contributed by atoms with Crippen LogP contribution in [-0.4, -0.2) is 24.5 Å². The molecule has 0 spiro atoms. The highest BCUT2D eigenvalue weighted by Crippen LogP contribution is 2.18. The normalized spacial score (nSPS) is 11.5. The summed E-state index contributed by atoms with van der Waals surface area (Å²) in [4.78, 5) is 11.2. The van der Waals surface area contributed by atoms with Crippen LogP contribution in [0.3, 0.4) is 0 Å². The van der Waals surface area contributed by atoms with E-state index < -0.39 is 0 Å². The molecule has 0 radical (unpaired) electrons. The topological polar surface area (TPSA) is 41.1 Å². The molecule has 3 heteroatoms. The predicted molar refractivity (Wildman–Crippen MR) is 64.9 cm³/mol. The van der Waals surface area contributed by atoms with Gasteiger partial charge in [-0.25, -0.2) is 0 Å². The van der Waals surface area contributed by atoms with Crippen LogP contribution in [0.25, 0.3) is 0 Å². The lowest BCUT2D eigenvalue weighted by molar-refractivity contribution is -0.120. The van der Waals surface area contributed by atoms with Gasteiger partial charge in [-0.3, -0.25) is 4.79 Å². The molecule has 0 saturated heterocycles. The lowest BCUT2D eigenvalue weighted by Crippen LogP contribution is -2.45. The van der Waals surface area contributed by atoms with Crippen molar-refractivity contribution in [2.45, 2.75) is 58.9 Å². The smallest absolute Gasteiger partial charge is 0.221 e. The van der Waals surface area contributed by atoms with E-state index in [1.165, 1.54) is 0 Å². The van der Waals surface area contributed by atoms with E-state index in [9.17, 15) is 4.79 Å². The van der Waals surface area contributed by atoms with Gasteiger partial charge in [-0.2, -0.15) is 0 Å². The van der Waals surface area contributed by atoms with Crippen LogP contribution in [0.5, 0.6) is 0 Å². The summed E-state index contributed by atoms with van der Waals surface area (Å²) < 4.78 is 0. The molecule has 0 aromatic rings. The van der Waals surface area contributed by atoms with Crippen molar-refractivity contribution in [1.82, 2.24) is 10.6 Å². The largest absolute Gasteiger partial charge is 0.356 e. The van der Waals surface area contributed by atoms with E-state index in [1.54, 1.807) is 0 Å². The molecule has 0 aromatic heterocycles. The Hall–Kier alpha value is -0.570. The first kappa shape index (κ1) is 14.4. The molecule has 15 heavy (non-hydrogen) atoms. The van der Waals surface area contributed by atoms with Crippen molar-refractivity contribution >= 4 is 5.91 Å². The first-order valence-corrected chi connectivity index (χ1v) is 6.15. The SMILES string of the molecule is CCNC(=O)CCNC(CC)(CC)CC. The maximum Gasteiger partial charge on any atom is 0.221 e. The van der Waals surface area contributed by atoms with Gasteiger partial charge in [0.2, 0.25) is 5.91 Å². The zero-order valence-electron chi connectivity index (χ0n) is 10.7. The summed E-state index contributed by atoms with van der Waals surface area (Å²) in [6.07, 6.45) is 3.94. The summed E-state index contributed by atoms with van der Waals surface area (Å²) in [6.45, 7) is 10.0. The Morgan fingerprint density at radius 1 is 1.07 bits per heavy atom. The molecule has 3 nitrogen and oxygen atoms in total. The molecule has 0 rings (SSSR count). The molecule has 0 aliphatic heterocycles. The van der Waals surface area contributed by atoms with Gasteiger partial charge in [-0.05, 0) is 26.2 Å². The van der Waals surface area contributed by atoms with Crippen molar-refractivity contribution in [1.29, 1.82) is 0 Å². The first-order chi connectivity index (χ1) is 7.14. The van der Waals surface area contributed by atoms with Gasteiger partial charge in [0.25, 0.3) is 0 Å². The molecule has 0 heterocycles. The molecular formula is C12H26N2O.